The summed E-state index contributed by atoms with van der Waals surface area (Å²) in [6, 6.07) is 6.15. The molecule has 0 atom stereocenters. The number of fused-ring (bicyclic) bond motifs is 1. The summed E-state index contributed by atoms with van der Waals surface area (Å²) in [5.74, 6) is 1.88. The molecular formula is C19H28O2. The summed E-state index contributed by atoms with van der Waals surface area (Å²) < 4.78 is 11.3. The molecule has 0 unspecified atom stereocenters. The molecule has 0 fully saturated rings. The van der Waals surface area contributed by atoms with Crippen molar-refractivity contribution < 1.29 is 9.47 Å². The molecule has 0 saturated heterocycles. The molecule has 0 bridgehead atoms. The van der Waals surface area contributed by atoms with E-state index in [1.807, 2.05) is 12.1 Å². The van der Waals surface area contributed by atoms with E-state index in [1.165, 1.54) is 24.0 Å². The average molecular weight is 288 g/mol. The highest BCUT2D eigenvalue weighted by Gasteiger charge is 2.12. The summed E-state index contributed by atoms with van der Waals surface area (Å²) in [4.78, 5) is 0. The summed E-state index contributed by atoms with van der Waals surface area (Å²) in [5.41, 5.74) is 3.13. The van der Waals surface area contributed by atoms with Crippen LogP contribution in [0.1, 0.15) is 52.5 Å². The fourth-order valence-electron chi connectivity index (χ4n) is 2.52. The van der Waals surface area contributed by atoms with Crippen LogP contribution in [-0.2, 0) is 6.42 Å². The molecule has 0 N–H and O–H groups in total. The summed E-state index contributed by atoms with van der Waals surface area (Å²) in [5, 5.41) is 0. The van der Waals surface area contributed by atoms with Crippen molar-refractivity contribution in [3.8, 4) is 11.5 Å². The minimum absolute atomic E-state index is 0.432. The third-order valence-corrected chi connectivity index (χ3v) is 3.85. The van der Waals surface area contributed by atoms with Crippen LogP contribution in [0.15, 0.2) is 29.8 Å². The van der Waals surface area contributed by atoms with E-state index < -0.39 is 0 Å². The molecular weight excluding hydrogens is 260 g/mol. The van der Waals surface area contributed by atoms with E-state index in [-0.39, 0.29) is 0 Å². The first kappa shape index (κ1) is 15.9. The summed E-state index contributed by atoms with van der Waals surface area (Å²) in [6.07, 6.45) is 6.88. The Kier molecular flexibility index (Phi) is 5.33. The molecule has 116 valence electrons. The van der Waals surface area contributed by atoms with Gasteiger partial charge in [-0.2, -0.15) is 0 Å². The van der Waals surface area contributed by atoms with Gasteiger partial charge in [-0.3, -0.25) is 0 Å². The Morgan fingerprint density at radius 3 is 2.90 bits per heavy atom. The van der Waals surface area contributed by atoms with Gasteiger partial charge in [0, 0.05) is 12.5 Å². The van der Waals surface area contributed by atoms with Crippen molar-refractivity contribution in [2.75, 3.05) is 13.2 Å². The molecule has 1 aromatic rings. The highest BCUT2D eigenvalue weighted by Crippen LogP contribution is 2.29. The molecule has 0 aliphatic carbocycles. The Morgan fingerprint density at radius 2 is 2.14 bits per heavy atom. The van der Waals surface area contributed by atoms with E-state index >= 15 is 0 Å². The second-order valence-corrected chi connectivity index (χ2v) is 7.14. The van der Waals surface area contributed by atoms with E-state index in [9.17, 15) is 0 Å². The topological polar surface area (TPSA) is 18.5 Å². The zero-order valence-electron chi connectivity index (χ0n) is 13.9. The normalized spacial score (nSPS) is 14.8. The lowest BCUT2D eigenvalue weighted by Gasteiger charge is -2.17. The maximum absolute atomic E-state index is 5.79. The van der Waals surface area contributed by atoms with Crippen molar-refractivity contribution in [1.29, 1.82) is 0 Å². The second kappa shape index (κ2) is 7.02. The van der Waals surface area contributed by atoms with Gasteiger partial charge in [-0.25, -0.2) is 0 Å². The predicted octanol–water partition coefficient (Wildman–Crippen LogP) is 5.16. The summed E-state index contributed by atoms with van der Waals surface area (Å²) >= 11 is 0. The van der Waals surface area contributed by atoms with Gasteiger partial charge in [-0.1, -0.05) is 32.4 Å². The quantitative estimate of drug-likeness (QED) is 0.673. The van der Waals surface area contributed by atoms with Crippen molar-refractivity contribution in [2.24, 2.45) is 5.41 Å². The first-order valence-corrected chi connectivity index (χ1v) is 7.98. The van der Waals surface area contributed by atoms with Gasteiger partial charge in [0.2, 0.25) is 0 Å². The first-order chi connectivity index (χ1) is 9.94. The van der Waals surface area contributed by atoms with Gasteiger partial charge in [0.15, 0.2) is 0 Å². The molecule has 2 rings (SSSR count). The molecule has 0 spiro atoms. The lowest BCUT2D eigenvalue weighted by Crippen LogP contribution is -2.04. The average Bonchev–Trinajstić information content (AvgIpc) is 2.84. The van der Waals surface area contributed by atoms with Crippen LogP contribution >= 0.6 is 0 Å². The minimum Gasteiger partial charge on any atom is -0.493 e. The van der Waals surface area contributed by atoms with Gasteiger partial charge in [0.25, 0.3) is 0 Å². The van der Waals surface area contributed by atoms with E-state index in [0.29, 0.717) is 12.0 Å². The Hall–Kier alpha value is -1.44. The Labute approximate surface area is 129 Å². The van der Waals surface area contributed by atoms with Gasteiger partial charge < -0.3 is 9.47 Å². The van der Waals surface area contributed by atoms with E-state index in [0.717, 1.165) is 30.9 Å². The fourth-order valence-corrected chi connectivity index (χ4v) is 2.52. The lowest BCUT2D eigenvalue weighted by molar-refractivity contribution is 0.343. The zero-order chi connectivity index (χ0) is 15.3. The third-order valence-electron chi connectivity index (χ3n) is 3.85. The van der Waals surface area contributed by atoms with Crippen LogP contribution in [0.2, 0.25) is 0 Å². The molecule has 2 nitrogen and oxygen atoms in total. The summed E-state index contributed by atoms with van der Waals surface area (Å²) in [6.45, 7) is 10.5. The standard InChI is InChI=1S/C19H28O2/c1-15(6-5-11-19(2,3)4)9-12-20-17-8-7-16-10-13-21-18(16)14-17/h7-9,14H,5-6,10-13H2,1-4H3/b15-9+. The molecule has 21 heavy (non-hydrogen) atoms. The number of rotatable bonds is 6. The molecule has 2 heteroatoms. The predicted molar refractivity (Wildman–Crippen MR) is 88.2 cm³/mol. The molecule has 0 aromatic heterocycles. The smallest absolute Gasteiger partial charge is 0.126 e. The van der Waals surface area contributed by atoms with Crippen molar-refractivity contribution in [2.45, 2.75) is 53.4 Å². The molecule has 1 heterocycles. The van der Waals surface area contributed by atoms with Crippen LogP contribution in [0.5, 0.6) is 11.5 Å². The number of allylic oxidation sites excluding steroid dienone is 1. The zero-order valence-corrected chi connectivity index (χ0v) is 13.9. The number of benzene rings is 1. The highest BCUT2D eigenvalue weighted by atomic mass is 16.5. The maximum atomic E-state index is 5.79. The SMILES string of the molecule is C/C(=C\COc1ccc2c(c1)OCC2)CCCC(C)(C)C. The molecule has 1 aromatic carbocycles. The van der Waals surface area contributed by atoms with Crippen molar-refractivity contribution in [3.05, 3.63) is 35.4 Å². The van der Waals surface area contributed by atoms with E-state index in [4.69, 9.17) is 9.47 Å². The minimum atomic E-state index is 0.432. The van der Waals surface area contributed by atoms with Gasteiger partial charge in [0.1, 0.15) is 18.1 Å². The first-order valence-electron chi connectivity index (χ1n) is 7.98. The second-order valence-electron chi connectivity index (χ2n) is 7.14. The van der Waals surface area contributed by atoms with Crippen LogP contribution < -0.4 is 9.47 Å². The van der Waals surface area contributed by atoms with E-state index in [1.54, 1.807) is 0 Å². The van der Waals surface area contributed by atoms with Gasteiger partial charge in [-0.05, 0) is 49.3 Å². The van der Waals surface area contributed by atoms with Crippen molar-refractivity contribution in [3.63, 3.8) is 0 Å². The van der Waals surface area contributed by atoms with Crippen LogP contribution in [0.4, 0.5) is 0 Å². The number of ether oxygens (including phenoxy) is 2. The molecule has 1 aliphatic rings. The molecule has 0 saturated carbocycles. The molecule has 1 aliphatic heterocycles. The number of hydrogen-bond donors (Lipinski definition) is 0. The van der Waals surface area contributed by atoms with Gasteiger partial charge in [-0.15, -0.1) is 0 Å². The summed E-state index contributed by atoms with van der Waals surface area (Å²) in [7, 11) is 0. The Morgan fingerprint density at radius 1 is 1.33 bits per heavy atom. The third kappa shape index (κ3) is 5.45. The monoisotopic (exact) mass is 288 g/mol. The molecule has 0 radical (unpaired) electrons. The highest BCUT2D eigenvalue weighted by molar-refractivity contribution is 5.42. The maximum Gasteiger partial charge on any atom is 0.126 e. The Balaban J connectivity index is 1.74. The van der Waals surface area contributed by atoms with Crippen LogP contribution in [0, 0.1) is 5.41 Å². The molecule has 0 amide bonds. The Bertz CT molecular complexity index is 495. The largest absolute Gasteiger partial charge is 0.493 e. The van der Waals surface area contributed by atoms with Gasteiger partial charge in [0.05, 0.1) is 6.61 Å². The van der Waals surface area contributed by atoms with Crippen molar-refractivity contribution >= 4 is 0 Å². The van der Waals surface area contributed by atoms with Crippen molar-refractivity contribution in [1.82, 2.24) is 0 Å². The van der Waals surface area contributed by atoms with Crippen LogP contribution in [0.3, 0.4) is 0 Å². The van der Waals surface area contributed by atoms with E-state index in [2.05, 4.69) is 39.8 Å². The fraction of sp³-hybridized carbons (Fsp3) is 0.579. The number of hydrogen-bond acceptors (Lipinski definition) is 2. The van der Waals surface area contributed by atoms with Crippen LogP contribution in [-0.4, -0.2) is 13.2 Å². The lowest BCUT2D eigenvalue weighted by atomic mass is 9.89. The van der Waals surface area contributed by atoms with Gasteiger partial charge >= 0.3 is 0 Å². The van der Waals surface area contributed by atoms with Crippen LogP contribution in [0.25, 0.3) is 0 Å².